The van der Waals surface area contributed by atoms with E-state index in [0.29, 0.717) is 30.6 Å². The van der Waals surface area contributed by atoms with Crippen molar-refractivity contribution in [2.45, 2.75) is 58.7 Å². The number of hydrogen-bond donors (Lipinski definition) is 2. The van der Waals surface area contributed by atoms with Gasteiger partial charge in [0.15, 0.2) is 5.65 Å². The van der Waals surface area contributed by atoms with Crippen LogP contribution in [0.5, 0.6) is 0 Å². The number of nitrogens with zero attached hydrogens (tertiary/aromatic N) is 5. The van der Waals surface area contributed by atoms with Crippen LogP contribution in [0.15, 0.2) is 30.5 Å². The largest absolute Gasteiger partial charge is 0.393 e. The van der Waals surface area contributed by atoms with Gasteiger partial charge in [0.2, 0.25) is 5.91 Å². The van der Waals surface area contributed by atoms with Gasteiger partial charge < -0.3 is 10.4 Å². The molecule has 3 aromatic rings. The van der Waals surface area contributed by atoms with Crippen LogP contribution in [0.3, 0.4) is 0 Å². The lowest BCUT2D eigenvalue weighted by molar-refractivity contribution is -0.121. The van der Waals surface area contributed by atoms with Gasteiger partial charge in [-0.3, -0.25) is 9.69 Å². The number of amides is 1. The number of benzene rings is 1. The second kappa shape index (κ2) is 10.1. The van der Waals surface area contributed by atoms with Gasteiger partial charge in [-0.2, -0.15) is 10.4 Å². The number of aromatic nitrogens is 3. The third-order valence-corrected chi connectivity index (χ3v) is 6.41. The van der Waals surface area contributed by atoms with E-state index in [4.69, 9.17) is 0 Å². The highest BCUT2D eigenvalue weighted by molar-refractivity contribution is 5.76. The van der Waals surface area contributed by atoms with Gasteiger partial charge >= 0.3 is 0 Å². The smallest absolute Gasteiger partial charge is 0.220 e. The lowest BCUT2D eigenvalue weighted by Crippen LogP contribution is -2.35. The molecule has 0 radical (unpaired) electrons. The fourth-order valence-corrected chi connectivity index (χ4v) is 4.38. The number of piperidine rings is 1. The molecular weight excluding hydrogens is 416 g/mol. The summed E-state index contributed by atoms with van der Waals surface area (Å²) < 4.78 is 1.67. The van der Waals surface area contributed by atoms with Crippen LogP contribution in [0.4, 0.5) is 0 Å². The number of nitriles is 1. The number of carbonyl (C=O) groups is 1. The third kappa shape index (κ3) is 5.38. The van der Waals surface area contributed by atoms with Crippen LogP contribution in [0.25, 0.3) is 5.65 Å². The van der Waals surface area contributed by atoms with E-state index in [-0.39, 0.29) is 12.0 Å². The Bertz CT molecular complexity index is 1170. The van der Waals surface area contributed by atoms with E-state index in [1.54, 1.807) is 4.52 Å². The van der Waals surface area contributed by atoms with E-state index in [9.17, 15) is 15.2 Å². The first kappa shape index (κ1) is 22.9. The predicted octanol–water partition coefficient (Wildman–Crippen LogP) is 2.42. The van der Waals surface area contributed by atoms with Gasteiger partial charge in [-0.05, 0) is 49.8 Å². The molecule has 0 atom stereocenters. The van der Waals surface area contributed by atoms with Crippen LogP contribution in [-0.2, 0) is 24.3 Å². The standard InChI is InChI=1S/C25H30N6O2/c1-17-23(18(2)31-25(29-17)21(13-26)15-28-31)7-8-24(33)27-14-19-3-5-20(6-4-19)16-30-11-9-22(32)10-12-30/h3-6,15,22,32H,7-12,14,16H2,1-2H3,(H,27,33). The van der Waals surface area contributed by atoms with Crippen molar-refractivity contribution in [1.82, 2.24) is 24.8 Å². The summed E-state index contributed by atoms with van der Waals surface area (Å²) in [7, 11) is 0. The number of rotatable bonds is 7. The summed E-state index contributed by atoms with van der Waals surface area (Å²) in [6.45, 7) is 7.09. The van der Waals surface area contributed by atoms with Crippen LogP contribution in [0.2, 0.25) is 0 Å². The quantitative estimate of drug-likeness (QED) is 0.577. The maximum atomic E-state index is 12.5. The molecule has 0 aliphatic carbocycles. The van der Waals surface area contributed by atoms with Crippen LogP contribution in [-0.4, -0.2) is 49.7 Å². The molecule has 172 valence electrons. The first-order chi connectivity index (χ1) is 15.9. The summed E-state index contributed by atoms with van der Waals surface area (Å²) in [4.78, 5) is 19.3. The zero-order valence-electron chi connectivity index (χ0n) is 19.2. The number of carbonyl (C=O) groups excluding carboxylic acids is 1. The Morgan fingerprint density at radius 1 is 1.21 bits per heavy atom. The van der Waals surface area contributed by atoms with E-state index in [1.165, 1.54) is 11.8 Å². The molecule has 8 nitrogen and oxygen atoms in total. The molecule has 2 N–H and O–H groups in total. The summed E-state index contributed by atoms with van der Waals surface area (Å²) in [5.41, 5.74) is 6.04. The van der Waals surface area contributed by atoms with Crippen molar-refractivity contribution < 1.29 is 9.90 Å². The van der Waals surface area contributed by atoms with Crippen molar-refractivity contribution >= 4 is 11.6 Å². The molecule has 0 saturated carbocycles. The Hall–Kier alpha value is -3.28. The molecule has 1 fully saturated rings. The first-order valence-corrected chi connectivity index (χ1v) is 11.4. The highest BCUT2D eigenvalue weighted by Gasteiger charge is 2.17. The molecule has 1 aromatic carbocycles. The average Bonchev–Trinajstić information content (AvgIpc) is 3.23. The summed E-state index contributed by atoms with van der Waals surface area (Å²) in [6, 6.07) is 10.5. The van der Waals surface area contributed by atoms with Gasteiger partial charge in [0.1, 0.15) is 11.6 Å². The minimum absolute atomic E-state index is 0.0111. The average molecular weight is 447 g/mol. The van der Waals surface area contributed by atoms with Gasteiger partial charge in [-0.1, -0.05) is 24.3 Å². The molecule has 33 heavy (non-hydrogen) atoms. The predicted molar refractivity (Wildman–Crippen MR) is 124 cm³/mol. The van der Waals surface area contributed by atoms with Gasteiger partial charge in [-0.15, -0.1) is 0 Å². The molecule has 8 heteroatoms. The maximum Gasteiger partial charge on any atom is 0.220 e. The fourth-order valence-electron chi connectivity index (χ4n) is 4.38. The number of nitrogens with one attached hydrogen (secondary N) is 1. The van der Waals surface area contributed by atoms with Gasteiger partial charge in [0.05, 0.1) is 12.3 Å². The lowest BCUT2D eigenvalue weighted by Gasteiger charge is -2.29. The van der Waals surface area contributed by atoms with Crippen LogP contribution < -0.4 is 5.32 Å². The topological polar surface area (TPSA) is 107 Å². The highest BCUT2D eigenvalue weighted by Crippen LogP contribution is 2.18. The van der Waals surface area contributed by atoms with E-state index in [0.717, 1.165) is 55.0 Å². The molecule has 0 unspecified atom stereocenters. The molecule has 0 spiro atoms. The summed E-state index contributed by atoms with van der Waals surface area (Å²) >= 11 is 0. The maximum absolute atomic E-state index is 12.5. The molecule has 4 rings (SSSR count). The Morgan fingerprint density at radius 3 is 2.61 bits per heavy atom. The van der Waals surface area contributed by atoms with E-state index >= 15 is 0 Å². The third-order valence-electron chi connectivity index (χ3n) is 6.41. The van der Waals surface area contributed by atoms with Crippen LogP contribution >= 0.6 is 0 Å². The van der Waals surface area contributed by atoms with Gasteiger partial charge in [0, 0.05) is 44.0 Å². The SMILES string of the molecule is Cc1nc2c(C#N)cnn2c(C)c1CCC(=O)NCc1ccc(CN2CCC(O)CC2)cc1. The van der Waals surface area contributed by atoms with Crippen molar-refractivity contribution in [3.8, 4) is 6.07 Å². The second-order valence-corrected chi connectivity index (χ2v) is 8.77. The van der Waals surface area contributed by atoms with Gasteiger partial charge in [0.25, 0.3) is 0 Å². The summed E-state index contributed by atoms with van der Waals surface area (Å²) in [6.07, 6.45) is 3.98. The molecular formula is C25H30N6O2. The highest BCUT2D eigenvalue weighted by atomic mass is 16.3. The molecule has 1 aliphatic heterocycles. The minimum Gasteiger partial charge on any atom is -0.393 e. The van der Waals surface area contributed by atoms with Crippen molar-refractivity contribution in [3.05, 3.63) is 64.1 Å². The Labute approximate surface area is 193 Å². The van der Waals surface area contributed by atoms with Gasteiger partial charge in [-0.25, -0.2) is 9.50 Å². The monoisotopic (exact) mass is 446 g/mol. The number of hydrogen-bond acceptors (Lipinski definition) is 6. The van der Waals surface area contributed by atoms with E-state index in [1.807, 2.05) is 13.8 Å². The molecule has 0 bridgehead atoms. The van der Waals surface area contributed by atoms with E-state index < -0.39 is 0 Å². The molecule has 1 amide bonds. The first-order valence-electron chi connectivity index (χ1n) is 11.4. The lowest BCUT2D eigenvalue weighted by atomic mass is 10.1. The Balaban J connectivity index is 1.28. The Morgan fingerprint density at radius 2 is 1.91 bits per heavy atom. The molecule has 2 aromatic heterocycles. The fraction of sp³-hybridized carbons (Fsp3) is 0.440. The van der Waals surface area contributed by atoms with Crippen molar-refractivity contribution in [2.24, 2.45) is 0 Å². The van der Waals surface area contributed by atoms with Crippen molar-refractivity contribution in [3.63, 3.8) is 0 Å². The number of aryl methyl sites for hydroxylation is 2. The van der Waals surface area contributed by atoms with E-state index in [2.05, 4.69) is 50.6 Å². The van der Waals surface area contributed by atoms with Crippen LogP contribution in [0.1, 0.15) is 52.9 Å². The summed E-state index contributed by atoms with van der Waals surface area (Å²) in [5.74, 6) is -0.0111. The zero-order chi connectivity index (χ0) is 23.4. The van der Waals surface area contributed by atoms with Crippen molar-refractivity contribution in [2.75, 3.05) is 13.1 Å². The number of likely N-dealkylation sites (tertiary alicyclic amines) is 1. The normalized spacial score (nSPS) is 15.0. The minimum atomic E-state index is -0.152. The number of aliphatic hydroxyl groups excluding tert-OH is 1. The Kier molecular flexibility index (Phi) is 7.02. The second-order valence-electron chi connectivity index (χ2n) is 8.77. The number of fused-ring (bicyclic) bond motifs is 1. The molecule has 1 aliphatic rings. The summed E-state index contributed by atoms with van der Waals surface area (Å²) in [5, 5.41) is 26.1. The van der Waals surface area contributed by atoms with Crippen LogP contribution in [0, 0.1) is 25.2 Å². The molecule has 3 heterocycles. The molecule has 1 saturated heterocycles. The number of aliphatic hydroxyl groups is 1. The zero-order valence-corrected chi connectivity index (χ0v) is 19.2. The van der Waals surface area contributed by atoms with Crippen molar-refractivity contribution in [1.29, 1.82) is 5.26 Å².